The van der Waals surface area contributed by atoms with Crippen molar-refractivity contribution in [1.82, 2.24) is 0 Å². The van der Waals surface area contributed by atoms with Gasteiger partial charge in [-0.3, -0.25) is 0 Å². The van der Waals surface area contributed by atoms with Gasteiger partial charge in [-0.25, -0.2) is 0 Å². The highest BCUT2D eigenvalue weighted by atomic mass is 16.9. The molecule has 2 atom stereocenters. The summed E-state index contributed by atoms with van der Waals surface area (Å²) in [5.41, 5.74) is 0. The second-order valence-corrected chi connectivity index (χ2v) is 5.05. The van der Waals surface area contributed by atoms with Crippen molar-refractivity contribution in [3.63, 3.8) is 0 Å². The van der Waals surface area contributed by atoms with Gasteiger partial charge in [-0.15, -0.1) is 0 Å². The Bertz CT molecular complexity index is 223. The molecule has 2 unspecified atom stereocenters. The molecule has 15 heavy (non-hydrogen) atoms. The highest BCUT2D eigenvalue weighted by molar-refractivity contribution is 4.83. The average Bonchev–Trinajstić information content (AvgIpc) is 2.30. The predicted molar refractivity (Wildman–Crippen MR) is 55.3 cm³/mol. The van der Waals surface area contributed by atoms with Crippen LogP contribution in [0.4, 0.5) is 0 Å². The Hall–Kier alpha value is -0.120. The Labute approximate surface area is 91.1 Å². The van der Waals surface area contributed by atoms with Gasteiger partial charge in [0.25, 0.3) is 5.97 Å². The van der Waals surface area contributed by atoms with Gasteiger partial charge in [-0.05, 0) is 31.1 Å². The summed E-state index contributed by atoms with van der Waals surface area (Å²) in [7, 11) is 0. The molecule has 3 rings (SSSR count). The lowest BCUT2D eigenvalue weighted by molar-refractivity contribution is -0.423. The summed E-state index contributed by atoms with van der Waals surface area (Å²) in [6.45, 7) is 2.42. The Morgan fingerprint density at radius 1 is 0.800 bits per heavy atom. The van der Waals surface area contributed by atoms with Gasteiger partial charge in [0, 0.05) is 6.42 Å². The summed E-state index contributed by atoms with van der Waals surface area (Å²) in [6, 6.07) is 0. The van der Waals surface area contributed by atoms with E-state index >= 15 is 0 Å². The molecule has 0 radical (unpaired) electrons. The first-order valence-electron chi connectivity index (χ1n) is 6.30. The van der Waals surface area contributed by atoms with Crippen molar-refractivity contribution >= 4 is 0 Å². The third kappa shape index (κ3) is 1.93. The van der Waals surface area contributed by atoms with E-state index in [2.05, 4.69) is 0 Å². The molecule has 2 aliphatic heterocycles. The van der Waals surface area contributed by atoms with Crippen LogP contribution >= 0.6 is 0 Å². The SMILES string of the molecule is C1COC2(CC3CCCCC3CO2)OC1. The molecule has 0 N–H and O–H groups in total. The van der Waals surface area contributed by atoms with Crippen molar-refractivity contribution in [3.05, 3.63) is 0 Å². The van der Waals surface area contributed by atoms with E-state index < -0.39 is 5.97 Å². The van der Waals surface area contributed by atoms with Gasteiger partial charge in [0.2, 0.25) is 0 Å². The predicted octanol–water partition coefficient (Wildman–Crippen LogP) is 2.30. The van der Waals surface area contributed by atoms with E-state index in [1.54, 1.807) is 0 Å². The van der Waals surface area contributed by atoms with Gasteiger partial charge in [-0.2, -0.15) is 0 Å². The minimum Gasteiger partial charge on any atom is -0.327 e. The largest absolute Gasteiger partial charge is 0.327 e. The van der Waals surface area contributed by atoms with Crippen molar-refractivity contribution in [3.8, 4) is 0 Å². The summed E-state index contributed by atoms with van der Waals surface area (Å²) < 4.78 is 17.3. The molecule has 1 spiro atoms. The maximum absolute atomic E-state index is 5.83. The van der Waals surface area contributed by atoms with Crippen molar-refractivity contribution in [2.24, 2.45) is 11.8 Å². The van der Waals surface area contributed by atoms with Crippen LogP contribution in [0.5, 0.6) is 0 Å². The van der Waals surface area contributed by atoms with Gasteiger partial charge < -0.3 is 14.2 Å². The zero-order valence-corrected chi connectivity index (χ0v) is 9.24. The third-order valence-electron chi connectivity index (χ3n) is 4.03. The first kappa shape index (κ1) is 10.1. The highest BCUT2D eigenvalue weighted by Crippen LogP contribution is 2.43. The molecule has 0 aromatic carbocycles. The molecule has 1 aliphatic carbocycles. The first-order valence-corrected chi connectivity index (χ1v) is 6.30. The molecular weight excluding hydrogens is 192 g/mol. The second-order valence-electron chi connectivity index (χ2n) is 5.05. The fourth-order valence-corrected chi connectivity index (χ4v) is 3.14. The van der Waals surface area contributed by atoms with Crippen LogP contribution in [0.15, 0.2) is 0 Å². The number of hydrogen-bond donors (Lipinski definition) is 0. The molecule has 3 heteroatoms. The van der Waals surface area contributed by atoms with Gasteiger partial charge >= 0.3 is 0 Å². The van der Waals surface area contributed by atoms with Crippen LogP contribution in [0.2, 0.25) is 0 Å². The number of rotatable bonds is 0. The van der Waals surface area contributed by atoms with E-state index in [-0.39, 0.29) is 0 Å². The highest BCUT2D eigenvalue weighted by Gasteiger charge is 2.45. The first-order chi connectivity index (χ1) is 7.38. The lowest BCUT2D eigenvalue weighted by Gasteiger charge is -2.46. The van der Waals surface area contributed by atoms with Crippen molar-refractivity contribution < 1.29 is 14.2 Å². The van der Waals surface area contributed by atoms with E-state index in [9.17, 15) is 0 Å². The number of fused-ring (bicyclic) bond motifs is 1. The smallest absolute Gasteiger partial charge is 0.283 e. The minimum absolute atomic E-state index is 0.656. The lowest BCUT2D eigenvalue weighted by Crippen LogP contribution is -2.51. The zero-order valence-electron chi connectivity index (χ0n) is 9.24. The molecule has 3 aliphatic rings. The Kier molecular flexibility index (Phi) is 2.71. The molecule has 2 saturated heterocycles. The zero-order chi connectivity index (χ0) is 10.1. The third-order valence-corrected chi connectivity index (χ3v) is 4.03. The monoisotopic (exact) mass is 212 g/mol. The molecule has 1 saturated carbocycles. The quantitative estimate of drug-likeness (QED) is 0.616. The van der Waals surface area contributed by atoms with Crippen LogP contribution in [-0.4, -0.2) is 25.8 Å². The standard InChI is InChI=1S/C12H20O3/c1-2-5-11-9-15-12(8-10(11)4-1)13-6-3-7-14-12/h10-11H,1-9H2. The van der Waals surface area contributed by atoms with E-state index in [0.717, 1.165) is 44.5 Å². The summed E-state index contributed by atoms with van der Waals surface area (Å²) >= 11 is 0. The Morgan fingerprint density at radius 2 is 1.53 bits per heavy atom. The maximum Gasteiger partial charge on any atom is 0.283 e. The average molecular weight is 212 g/mol. The van der Waals surface area contributed by atoms with Crippen LogP contribution < -0.4 is 0 Å². The number of ether oxygens (including phenoxy) is 3. The normalized spacial score (nSPS) is 40.0. The van der Waals surface area contributed by atoms with E-state index in [1.807, 2.05) is 0 Å². The van der Waals surface area contributed by atoms with Crippen molar-refractivity contribution in [2.45, 2.75) is 44.5 Å². The summed E-state index contributed by atoms with van der Waals surface area (Å²) in [5.74, 6) is 0.876. The molecule has 0 aromatic heterocycles. The van der Waals surface area contributed by atoms with Gasteiger partial charge in [-0.1, -0.05) is 12.8 Å². The van der Waals surface area contributed by atoms with Crippen LogP contribution in [0.3, 0.4) is 0 Å². The van der Waals surface area contributed by atoms with E-state index in [4.69, 9.17) is 14.2 Å². The lowest BCUT2D eigenvalue weighted by atomic mass is 9.76. The number of hydrogen-bond acceptors (Lipinski definition) is 3. The molecule has 3 fully saturated rings. The van der Waals surface area contributed by atoms with Gasteiger partial charge in [0.05, 0.1) is 19.8 Å². The van der Waals surface area contributed by atoms with Crippen molar-refractivity contribution in [2.75, 3.05) is 19.8 Å². The summed E-state index contributed by atoms with van der Waals surface area (Å²) in [5, 5.41) is 0. The van der Waals surface area contributed by atoms with Crippen molar-refractivity contribution in [1.29, 1.82) is 0 Å². The van der Waals surface area contributed by atoms with E-state index in [1.165, 1.54) is 25.7 Å². The molecule has 2 heterocycles. The fraction of sp³-hybridized carbons (Fsp3) is 1.00. The van der Waals surface area contributed by atoms with Crippen LogP contribution in [0.1, 0.15) is 38.5 Å². The molecule has 0 bridgehead atoms. The Morgan fingerprint density at radius 3 is 2.33 bits per heavy atom. The maximum atomic E-state index is 5.83. The Balaban J connectivity index is 1.68. The topological polar surface area (TPSA) is 27.7 Å². The molecule has 86 valence electrons. The van der Waals surface area contributed by atoms with Crippen LogP contribution in [0, 0.1) is 11.8 Å². The molecule has 0 amide bonds. The fourth-order valence-electron chi connectivity index (χ4n) is 3.14. The van der Waals surface area contributed by atoms with Crippen LogP contribution in [-0.2, 0) is 14.2 Å². The van der Waals surface area contributed by atoms with Gasteiger partial charge in [0.15, 0.2) is 0 Å². The summed E-state index contributed by atoms with van der Waals surface area (Å²) in [4.78, 5) is 0. The molecule has 3 nitrogen and oxygen atoms in total. The summed E-state index contributed by atoms with van der Waals surface area (Å²) in [6.07, 6.45) is 7.37. The van der Waals surface area contributed by atoms with E-state index in [0.29, 0.717) is 0 Å². The molecular formula is C12H20O3. The van der Waals surface area contributed by atoms with Crippen LogP contribution in [0.25, 0.3) is 0 Å². The minimum atomic E-state index is -0.656. The van der Waals surface area contributed by atoms with Gasteiger partial charge in [0.1, 0.15) is 0 Å². The second kappa shape index (κ2) is 4.04. The molecule has 0 aromatic rings.